The van der Waals surface area contributed by atoms with Crippen LogP contribution in [0.1, 0.15) is 18.2 Å². The number of carbonyl (C=O) groups excluding carboxylic acids is 1. The first-order chi connectivity index (χ1) is 9.45. The van der Waals surface area contributed by atoms with Crippen molar-refractivity contribution in [2.75, 3.05) is 5.32 Å². The number of aryl methyl sites for hydroxylation is 1. The summed E-state index contributed by atoms with van der Waals surface area (Å²) in [5.74, 6) is -0.215. The van der Waals surface area contributed by atoms with E-state index < -0.39 is 10.7 Å². The first-order valence-electron chi connectivity index (χ1n) is 5.77. The third-order valence-corrected chi connectivity index (χ3v) is 4.19. The van der Waals surface area contributed by atoms with Crippen molar-refractivity contribution in [3.05, 3.63) is 29.7 Å². The van der Waals surface area contributed by atoms with Gasteiger partial charge < -0.3 is 5.32 Å². The predicted octanol–water partition coefficient (Wildman–Crippen LogP) is 1.58. The van der Waals surface area contributed by atoms with Crippen LogP contribution in [0.4, 0.5) is 5.13 Å². The van der Waals surface area contributed by atoms with Gasteiger partial charge in [0.25, 0.3) is 0 Å². The molecule has 0 aromatic carbocycles. The molecule has 0 atom stereocenters. The van der Waals surface area contributed by atoms with Gasteiger partial charge in [-0.05, 0) is 18.6 Å². The number of hydrogen-bond acceptors (Lipinski definition) is 6. The average molecular weight is 311 g/mol. The van der Waals surface area contributed by atoms with Crippen molar-refractivity contribution in [3.63, 3.8) is 0 Å². The van der Waals surface area contributed by atoms with Crippen LogP contribution in [0.15, 0.2) is 18.5 Å². The largest absolute Gasteiger partial charge is 0.302 e. The lowest BCUT2D eigenvalue weighted by Crippen LogP contribution is -2.04. The SMILES string of the molecule is CC(=O)Nc1nc(C)c(-c2cncc(C[SH](=O)=O)c2)s1. The summed E-state index contributed by atoms with van der Waals surface area (Å²) in [4.78, 5) is 20.2. The fourth-order valence-electron chi connectivity index (χ4n) is 1.72. The molecular weight excluding hydrogens is 298 g/mol. The minimum atomic E-state index is -2.48. The number of nitrogens with zero attached hydrogens (tertiary/aromatic N) is 2. The van der Waals surface area contributed by atoms with Gasteiger partial charge in [-0.2, -0.15) is 0 Å². The highest BCUT2D eigenvalue weighted by molar-refractivity contribution is 7.71. The first kappa shape index (κ1) is 14.6. The van der Waals surface area contributed by atoms with E-state index in [1.807, 2.05) is 6.92 Å². The minimum absolute atomic E-state index is 0.0351. The maximum absolute atomic E-state index is 11.0. The Bertz CT molecular complexity index is 714. The summed E-state index contributed by atoms with van der Waals surface area (Å²) >= 11 is 1.33. The summed E-state index contributed by atoms with van der Waals surface area (Å²) < 4.78 is 21.5. The Hall–Kier alpha value is -1.80. The third-order valence-electron chi connectivity index (χ3n) is 2.45. The van der Waals surface area contributed by atoms with Crippen LogP contribution in [0.3, 0.4) is 0 Å². The van der Waals surface area contributed by atoms with Gasteiger partial charge in [0.05, 0.1) is 16.3 Å². The Morgan fingerprint density at radius 1 is 1.40 bits per heavy atom. The molecule has 8 heteroatoms. The van der Waals surface area contributed by atoms with Crippen molar-refractivity contribution in [2.24, 2.45) is 0 Å². The Balaban J connectivity index is 2.35. The molecule has 106 valence electrons. The molecule has 0 aliphatic rings. The van der Waals surface area contributed by atoms with E-state index >= 15 is 0 Å². The number of thiol groups is 1. The van der Waals surface area contributed by atoms with Crippen LogP contribution in [0.2, 0.25) is 0 Å². The number of carbonyl (C=O) groups is 1. The highest BCUT2D eigenvalue weighted by atomic mass is 32.2. The Morgan fingerprint density at radius 2 is 2.15 bits per heavy atom. The number of aromatic nitrogens is 2. The quantitative estimate of drug-likeness (QED) is 0.837. The summed E-state index contributed by atoms with van der Waals surface area (Å²) in [5, 5.41) is 3.15. The molecule has 0 aliphatic carbocycles. The van der Waals surface area contributed by atoms with Crippen LogP contribution >= 0.6 is 11.3 Å². The average Bonchev–Trinajstić information content (AvgIpc) is 2.68. The number of nitrogens with one attached hydrogen (secondary N) is 1. The molecule has 0 fully saturated rings. The lowest BCUT2D eigenvalue weighted by Gasteiger charge is -2.00. The summed E-state index contributed by atoms with van der Waals surface area (Å²) in [5.41, 5.74) is 2.20. The highest BCUT2D eigenvalue weighted by Gasteiger charge is 2.11. The van der Waals surface area contributed by atoms with Crippen LogP contribution < -0.4 is 5.32 Å². The first-order valence-corrected chi connectivity index (χ1v) is 7.94. The summed E-state index contributed by atoms with van der Waals surface area (Å²) in [7, 11) is -2.48. The zero-order valence-electron chi connectivity index (χ0n) is 10.9. The molecule has 6 nitrogen and oxygen atoms in total. The molecule has 0 unspecified atom stereocenters. The van der Waals surface area contributed by atoms with Gasteiger partial charge in [0.15, 0.2) is 5.13 Å². The van der Waals surface area contributed by atoms with Gasteiger partial charge >= 0.3 is 0 Å². The molecule has 1 amide bonds. The molecule has 2 heterocycles. The molecule has 0 saturated carbocycles. The number of amides is 1. The second kappa shape index (κ2) is 6.10. The molecule has 0 aliphatic heterocycles. The number of rotatable bonds is 4. The van der Waals surface area contributed by atoms with Gasteiger partial charge in [-0.3, -0.25) is 9.78 Å². The number of hydrogen-bond donors (Lipinski definition) is 2. The van der Waals surface area contributed by atoms with Gasteiger partial charge in [-0.25, -0.2) is 13.4 Å². The number of pyridine rings is 1. The molecule has 2 rings (SSSR count). The summed E-state index contributed by atoms with van der Waals surface area (Å²) in [6.07, 6.45) is 3.18. The van der Waals surface area contributed by atoms with E-state index in [2.05, 4.69) is 15.3 Å². The van der Waals surface area contributed by atoms with Crippen LogP contribution in [-0.4, -0.2) is 24.3 Å². The molecule has 0 bridgehead atoms. The maximum atomic E-state index is 11.0. The number of thiazole rings is 1. The van der Waals surface area contributed by atoms with Crippen molar-refractivity contribution in [2.45, 2.75) is 19.6 Å². The molecule has 2 aromatic heterocycles. The maximum Gasteiger partial charge on any atom is 0.223 e. The normalized spacial score (nSPS) is 10.8. The standard InChI is InChI=1S/C12H13N3O3S2/c1-7-11(19-12(14-7)15-8(2)16)10-3-9(4-13-5-10)6-20(17)18/h3-5,20H,6H2,1-2H3,(H,14,15,16). The molecule has 0 spiro atoms. The van der Waals surface area contributed by atoms with Gasteiger partial charge in [0, 0.05) is 24.9 Å². The lowest BCUT2D eigenvalue weighted by molar-refractivity contribution is -0.114. The second-order valence-corrected chi connectivity index (χ2v) is 6.17. The van der Waals surface area contributed by atoms with E-state index in [1.54, 1.807) is 12.3 Å². The van der Waals surface area contributed by atoms with Crippen LogP contribution in [0, 0.1) is 6.92 Å². The van der Waals surface area contributed by atoms with Gasteiger partial charge in [-0.15, -0.1) is 0 Å². The highest BCUT2D eigenvalue weighted by Crippen LogP contribution is 2.32. The van der Waals surface area contributed by atoms with Crippen LogP contribution in [0.5, 0.6) is 0 Å². The minimum Gasteiger partial charge on any atom is -0.302 e. The van der Waals surface area contributed by atoms with Gasteiger partial charge in [-0.1, -0.05) is 11.3 Å². The zero-order chi connectivity index (χ0) is 14.7. The van der Waals surface area contributed by atoms with E-state index in [0.717, 1.165) is 16.1 Å². The van der Waals surface area contributed by atoms with E-state index in [9.17, 15) is 13.2 Å². The fraction of sp³-hybridized carbons (Fsp3) is 0.250. The summed E-state index contributed by atoms with van der Waals surface area (Å²) in [6.45, 7) is 3.25. The van der Waals surface area contributed by atoms with Crippen molar-refractivity contribution in [3.8, 4) is 10.4 Å². The van der Waals surface area contributed by atoms with Crippen molar-refractivity contribution < 1.29 is 13.2 Å². The van der Waals surface area contributed by atoms with Gasteiger partial charge in [0.2, 0.25) is 5.91 Å². The Kier molecular flexibility index (Phi) is 4.46. The lowest BCUT2D eigenvalue weighted by atomic mass is 10.2. The summed E-state index contributed by atoms with van der Waals surface area (Å²) in [6, 6.07) is 1.77. The molecule has 0 saturated heterocycles. The zero-order valence-corrected chi connectivity index (χ0v) is 12.6. The Labute approximate surface area is 121 Å². The predicted molar refractivity (Wildman–Crippen MR) is 78.4 cm³/mol. The smallest absolute Gasteiger partial charge is 0.223 e. The van der Waals surface area contributed by atoms with E-state index in [0.29, 0.717) is 10.7 Å². The fourth-order valence-corrected chi connectivity index (χ4v) is 3.18. The second-order valence-electron chi connectivity index (χ2n) is 4.19. The molecular formula is C12H13N3O3S2. The molecule has 1 N–H and O–H groups in total. The molecule has 20 heavy (non-hydrogen) atoms. The Morgan fingerprint density at radius 3 is 2.80 bits per heavy atom. The van der Waals surface area contributed by atoms with Crippen molar-refractivity contribution >= 4 is 33.1 Å². The van der Waals surface area contributed by atoms with Gasteiger partial charge in [0.1, 0.15) is 10.7 Å². The number of anilines is 1. The van der Waals surface area contributed by atoms with E-state index in [1.165, 1.54) is 24.5 Å². The van der Waals surface area contributed by atoms with E-state index in [4.69, 9.17) is 0 Å². The molecule has 2 aromatic rings. The van der Waals surface area contributed by atoms with Crippen LogP contribution in [0.25, 0.3) is 10.4 Å². The van der Waals surface area contributed by atoms with Crippen molar-refractivity contribution in [1.82, 2.24) is 9.97 Å². The van der Waals surface area contributed by atoms with Crippen molar-refractivity contribution in [1.29, 1.82) is 0 Å². The third kappa shape index (κ3) is 3.61. The monoisotopic (exact) mass is 311 g/mol. The molecule has 0 radical (unpaired) electrons. The van der Waals surface area contributed by atoms with Crippen LogP contribution in [-0.2, 0) is 21.3 Å². The van der Waals surface area contributed by atoms with E-state index in [-0.39, 0.29) is 11.7 Å². The topological polar surface area (TPSA) is 89.0 Å².